The van der Waals surface area contributed by atoms with E-state index >= 15 is 0 Å². The first-order valence-corrected chi connectivity index (χ1v) is 11.1. The van der Waals surface area contributed by atoms with Gasteiger partial charge in [0.25, 0.3) is 11.8 Å². The minimum Gasteiger partial charge on any atom is -0.459 e. The fraction of sp³-hybridized carbons (Fsp3) is 0.696. The Balaban J connectivity index is 1.34. The first-order valence-electron chi connectivity index (χ1n) is 11.1. The van der Waals surface area contributed by atoms with Gasteiger partial charge < -0.3 is 19.8 Å². The zero-order chi connectivity index (χ0) is 21.5. The van der Waals surface area contributed by atoms with Gasteiger partial charge in [0, 0.05) is 5.54 Å². The number of furan rings is 1. The molecule has 0 aliphatic heterocycles. The van der Waals surface area contributed by atoms with Crippen LogP contribution in [0.3, 0.4) is 0 Å². The molecular weight excluding hydrogens is 384 g/mol. The smallest absolute Gasteiger partial charge is 0.329 e. The van der Waals surface area contributed by atoms with Crippen LogP contribution in [0.4, 0.5) is 0 Å². The highest BCUT2D eigenvalue weighted by Crippen LogP contribution is 2.55. The van der Waals surface area contributed by atoms with Crippen LogP contribution in [0.25, 0.3) is 0 Å². The molecule has 4 bridgehead atoms. The number of carbonyl (C=O) groups excluding carboxylic acids is 3. The van der Waals surface area contributed by atoms with Gasteiger partial charge in [-0.3, -0.25) is 9.59 Å². The predicted octanol–water partition coefficient (Wildman–Crippen LogP) is 3.05. The number of rotatable bonds is 7. The van der Waals surface area contributed by atoms with Crippen LogP contribution in [-0.2, 0) is 14.3 Å². The van der Waals surface area contributed by atoms with Crippen LogP contribution in [0.15, 0.2) is 22.8 Å². The Kier molecular flexibility index (Phi) is 5.64. The Morgan fingerprint density at radius 3 is 2.17 bits per heavy atom. The molecule has 0 aromatic carbocycles. The molecule has 1 heterocycles. The van der Waals surface area contributed by atoms with E-state index in [1.54, 1.807) is 13.0 Å². The number of amides is 2. The third-order valence-electron chi connectivity index (χ3n) is 7.04. The van der Waals surface area contributed by atoms with Crippen molar-refractivity contribution in [2.75, 3.05) is 0 Å². The molecule has 0 unspecified atom stereocenters. The van der Waals surface area contributed by atoms with Gasteiger partial charge in [-0.1, -0.05) is 13.8 Å². The molecule has 2 N–H and O–H groups in total. The van der Waals surface area contributed by atoms with Crippen LogP contribution >= 0.6 is 0 Å². The van der Waals surface area contributed by atoms with Crippen molar-refractivity contribution < 1.29 is 23.5 Å². The highest BCUT2D eigenvalue weighted by atomic mass is 16.5. The monoisotopic (exact) mass is 416 g/mol. The van der Waals surface area contributed by atoms with Crippen molar-refractivity contribution in [1.29, 1.82) is 0 Å². The Bertz CT molecular complexity index is 765. The lowest BCUT2D eigenvalue weighted by atomic mass is 9.53. The molecule has 4 fully saturated rings. The van der Waals surface area contributed by atoms with E-state index in [1.807, 2.05) is 13.8 Å². The van der Waals surface area contributed by atoms with Crippen LogP contribution in [0.2, 0.25) is 0 Å². The van der Waals surface area contributed by atoms with E-state index in [0.717, 1.165) is 37.0 Å². The number of nitrogens with one attached hydrogen (secondary N) is 2. The molecule has 1 aromatic heterocycles. The number of hydrogen-bond donors (Lipinski definition) is 2. The summed E-state index contributed by atoms with van der Waals surface area (Å²) in [5.74, 6) is 0.741. The molecule has 4 saturated carbocycles. The molecule has 4 aliphatic rings. The van der Waals surface area contributed by atoms with Crippen LogP contribution < -0.4 is 10.6 Å². The largest absolute Gasteiger partial charge is 0.459 e. The van der Waals surface area contributed by atoms with Crippen molar-refractivity contribution in [3.8, 4) is 0 Å². The topological polar surface area (TPSA) is 97.6 Å². The molecule has 4 aliphatic carbocycles. The van der Waals surface area contributed by atoms with E-state index in [-0.39, 0.29) is 23.1 Å². The fourth-order valence-corrected chi connectivity index (χ4v) is 6.05. The molecule has 5 rings (SSSR count). The summed E-state index contributed by atoms with van der Waals surface area (Å²) in [4.78, 5) is 37.9. The lowest BCUT2D eigenvalue weighted by Gasteiger charge is -2.57. The lowest BCUT2D eigenvalue weighted by molar-refractivity contribution is -0.159. The summed E-state index contributed by atoms with van der Waals surface area (Å²) >= 11 is 0. The minimum absolute atomic E-state index is 0.126. The fourth-order valence-electron chi connectivity index (χ4n) is 6.05. The second-order valence-corrected chi connectivity index (χ2v) is 9.94. The SMILES string of the molecule is CC(C)[C@H](NC(=O)c1ccco1)C(=O)O[C@H](C)C(=O)NC12CC3CC(CC(C3)C1)C2. The van der Waals surface area contributed by atoms with Crippen molar-refractivity contribution in [1.82, 2.24) is 10.6 Å². The average Bonchev–Trinajstić information content (AvgIpc) is 3.18. The Hall–Kier alpha value is -2.31. The predicted molar refractivity (Wildman–Crippen MR) is 109 cm³/mol. The van der Waals surface area contributed by atoms with Crippen LogP contribution in [0, 0.1) is 23.7 Å². The van der Waals surface area contributed by atoms with Crippen molar-refractivity contribution in [3.05, 3.63) is 24.2 Å². The molecule has 30 heavy (non-hydrogen) atoms. The van der Waals surface area contributed by atoms with Crippen molar-refractivity contribution in [2.45, 2.75) is 77.0 Å². The Morgan fingerprint density at radius 2 is 1.67 bits per heavy atom. The van der Waals surface area contributed by atoms with Crippen LogP contribution in [0.5, 0.6) is 0 Å². The molecule has 0 saturated heterocycles. The molecule has 2 atom stereocenters. The minimum atomic E-state index is -0.910. The van der Waals surface area contributed by atoms with Gasteiger partial charge in [-0.2, -0.15) is 0 Å². The normalized spacial score (nSPS) is 31.3. The first kappa shape index (κ1) is 20.9. The van der Waals surface area contributed by atoms with Gasteiger partial charge in [-0.05, 0) is 81.3 Å². The van der Waals surface area contributed by atoms with E-state index in [9.17, 15) is 14.4 Å². The maximum Gasteiger partial charge on any atom is 0.329 e. The number of hydrogen-bond acceptors (Lipinski definition) is 5. The van der Waals surface area contributed by atoms with Gasteiger partial charge in [0.05, 0.1) is 6.26 Å². The van der Waals surface area contributed by atoms with Gasteiger partial charge in [-0.15, -0.1) is 0 Å². The van der Waals surface area contributed by atoms with E-state index in [4.69, 9.17) is 9.15 Å². The third kappa shape index (κ3) is 4.25. The molecule has 0 spiro atoms. The summed E-state index contributed by atoms with van der Waals surface area (Å²) in [6, 6.07) is 2.27. The first-order chi connectivity index (χ1) is 14.2. The van der Waals surface area contributed by atoms with Gasteiger partial charge in [0.1, 0.15) is 6.04 Å². The second-order valence-electron chi connectivity index (χ2n) is 9.94. The van der Waals surface area contributed by atoms with Gasteiger partial charge in [0.15, 0.2) is 11.9 Å². The van der Waals surface area contributed by atoms with Crippen molar-refractivity contribution in [3.63, 3.8) is 0 Å². The third-order valence-corrected chi connectivity index (χ3v) is 7.04. The van der Waals surface area contributed by atoms with Gasteiger partial charge in [-0.25, -0.2) is 4.79 Å². The molecule has 2 amide bonds. The molecule has 7 heteroatoms. The molecule has 1 aromatic rings. The summed E-state index contributed by atoms with van der Waals surface area (Å²) in [6.07, 6.45) is 7.50. The van der Waals surface area contributed by atoms with E-state index < -0.39 is 24.0 Å². The zero-order valence-corrected chi connectivity index (χ0v) is 18.0. The summed E-state index contributed by atoms with van der Waals surface area (Å²) < 4.78 is 10.6. The van der Waals surface area contributed by atoms with E-state index in [1.165, 1.54) is 31.6 Å². The van der Waals surface area contributed by atoms with Crippen molar-refractivity contribution in [2.24, 2.45) is 23.7 Å². The standard InChI is InChI=1S/C23H32N2O5/c1-13(2)19(24-21(27)18-5-4-6-29-18)22(28)30-14(3)20(26)25-23-10-15-7-16(11-23)9-17(8-15)12-23/h4-6,13-17,19H,7-12H2,1-3H3,(H,24,27)(H,25,26)/t14-,15?,16?,17?,19+,23?/m1/s1. The second kappa shape index (κ2) is 8.08. The average molecular weight is 417 g/mol. The zero-order valence-electron chi connectivity index (χ0n) is 18.0. The number of ether oxygens (including phenoxy) is 1. The highest BCUT2D eigenvalue weighted by molar-refractivity contribution is 5.95. The van der Waals surface area contributed by atoms with Crippen LogP contribution in [0.1, 0.15) is 69.9 Å². The quantitative estimate of drug-likeness (QED) is 0.666. The highest BCUT2D eigenvalue weighted by Gasteiger charge is 2.51. The summed E-state index contributed by atoms with van der Waals surface area (Å²) in [5.41, 5.74) is -0.128. The Morgan fingerprint density at radius 1 is 1.07 bits per heavy atom. The lowest BCUT2D eigenvalue weighted by Crippen LogP contribution is -2.61. The summed E-state index contributed by atoms with van der Waals surface area (Å²) in [6.45, 7) is 5.22. The number of esters is 1. The summed E-state index contributed by atoms with van der Waals surface area (Å²) in [7, 11) is 0. The Labute approximate surface area is 177 Å². The van der Waals surface area contributed by atoms with Crippen molar-refractivity contribution >= 4 is 17.8 Å². The molecular formula is C23H32N2O5. The van der Waals surface area contributed by atoms with E-state index in [0.29, 0.717) is 0 Å². The maximum absolute atomic E-state index is 12.9. The molecule has 7 nitrogen and oxygen atoms in total. The maximum atomic E-state index is 12.9. The molecule has 164 valence electrons. The van der Waals surface area contributed by atoms with Crippen LogP contribution in [-0.4, -0.2) is 35.5 Å². The molecule has 0 radical (unpaired) electrons. The number of carbonyl (C=O) groups is 3. The van der Waals surface area contributed by atoms with Gasteiger partial charge in [0.2, 0.25) is 0 Å². The van der Waals surface area contributed by atoms with Gasteiger partial charge >= 0.3 is 5.97 Å². The van der Waals surface area contributed by atoms with E-state index in [2.05, 4.69) is 10.6 Å². The summed E-state index contributed by atoms with van der Waals surface area (Å²) in [5, 5.41) is 5.89.